The molecule has 0 unspecified atom stereocenters. The number of aliphatic hydroxyl groups excluding tert-OH is 1. The Morgan fingerprint density at radius 1 is 1.56 bits per heavy atom. The Labute approximate surface area is 93.7 Å². The summed E-state index contributed by atoms with van der Waals surface area (Å²) in [5.41, 5.74) is 0.978. The maximum atomic E-state index is 11.3. The van der Waals surface area contributed by atoms with Crippen LogP contribution in [0.25, 0.3) is 0 Å². The molecule has 16 heavy (non-hydrogen) atoms. The zero-order chi connectivity index (χ0) is 11.8. The predicted molar refractivity (Wildman–Crippen MR) is 57.4 cm³/mol. The van der Waals surface area contributed by atoms with Crippen molar-refractivity contribution < 1.29 is 15.0 Å². The van der Waals surface area contributed by atoms with E-state index in [1.165, 1.54) is 0 Å². The van der Waals surface area contributed by atoms with Crippen molar-refractivity contribution in [2.24, 2.45) is 0 Å². The van der Waals surface area contributed by atoms with Crippen LogP contribution < -0.4 is 5.32 Å². The van der Waals surface area contributed by atoms with Crippen molar-refractivity contribution in [2.75, 3.05) is 6.54 Å². The smallest absolute Gasteiger partial charge is 0.220 e. The van der Waals surface area contributed by atoms with Crippen LogP contribution in [0.2, 0.25) is 0 Å². The highest BCUT2D eigenvalue weighted by Crippen LogP contribution is 1.98. The maximum Gasteiger partial charge on any atom is 0.220 e. The summed E-state index contributed by atoms with van der Waals surface area (Å²) >= 11 is 0. The second kappa shape index (κ2) is 6.97. The van der Waals surface area contributed by atoms with E-state index in [0.29, 0.717) is 25.8 Å². The fourth-order valence-corrected chi connectivity index (χ4v) is 1.29. The largest absolute Gasteiger partial charge is 0.368 e. The molecule has 6 nitrogen and oxygen atoms in total. The lowest BCUT2D eigenvalue weighted by Crippen LogP contribution is -2.25. The highest BCUT2D eigenvalue weighted by molar-refractivity contribution is 5.75. The summed E-state index contributed by atoms with van der Waals surface area (Å²) < 4.78 is 0. The van der Waals surface area contributed by atoms with Crippen LogP contribution in [-0.2, 0) is 11.2 Å². The fourth-order valence-electron chi connectivity index (χ4n) is 1.29. The topological polar surface area (TPSA) is 98.2 Å². The predicted octanol–water partition coefficient (Wildman–Crippen LogP) is -0.451. The van der Waals surface area contributed by atoms with Gasteiger partial charge in [-0.3, -0.25) is 4.79 Å². The van der Waals surface area contributed by atoms with Crippen LogP contribution in [-0.4, -0.2) is 38.9 Å². The molecule has 6 heteroatoms. The number of amides is 1. The van der Waals surface area contributed by atoms with Crippen LogP contribution in [0.4, 0.5) is 0 Å². The van der Waals surface area contributed by atoms with Gasteiger partial charge in [0.1, 0.15) is 0 Å². The normalized spacial score (nSPS) is 10.7. The number of hydrogen-bond donors (Lipinski definition) is 4. The molecule has 0 fully saturated rings. The minimum absolute atomic E-state index is 0.0693. The SMILES string of the molecule is O=C(CCCC(O)O)NCCc1cnc[nH]1. The molecule has 0 atom stereocenters. The molecule has 1 aromatic rings. The molecular weight excluding hydrogens is 210 g/mol. The monoisotopic (exact) mass is 227 g/mol. The van der Waals surface area contributed by atoms with Crippen molar-refractivity contribution in [1.29, 1.82) is 0 Å². The zero-order valence-corrected chi connectivity index (χ0v) is 9.02. The number of hydrogen-bond acceptors (Lipinski definition) is 4. The Hall–Kier alpha value is -1.40. The number of imidazole rings is 1. The summed E-state index contributed by atoms with van der Waals surface area (Å²) in [5.74, 6) is -0.0693. The number of aliphatic hydroxyl groups is 2. The van der Waals surface area contributed by atoms with Gasteiger partial charge in [0.2, 0.25) is 5.91 Å². The molecule has 1 amide bonds. The van der Waals surface area contributed by atoms with Crippen LogP contribution in [0.1, 0.15) is 25.0 Å². The number of aromatic nitrogens is 2. The summed E-state index contributed by atoms with van der Waals surface area (Å²) in [4.78, 5) is 18.1. The van der Waals surface area contributed by atoms with E-state index in [1.807, 2.05) is 0 Å². The fraction of sp³-hybridized carbons (Fsp3) is 0.600. The first kappa shape index (κ1) is 12.7. The molecule has 0 aromatic carbocycles. The van der Waals surface area contributed by atoms with E-state index < -0.39 is 6.29 Å². The quantitative estimate of drug-likeness (QED) is 0.474. The van der Waals surface area contributed by atoms with Crippen molar-refractivity contribution in [1.82, 2.24) is 15.3 Å². The molecule has 1 heterocycles. The summed E-state index contributed by atoms with van der Waals surface area (Å²) in [5, 5.41) is 19.9. The number of H-pyrrole nitrogens is 1. The lowest BCUT2D eigenvalue weighted by atomic mass is 10.2. The average Bonchev–Trinajstić information content (AvgIpc) is 2.70. The number of carbonyl (C=O) groups is 1. The van der Waals surface area contributed by atoms with Gasteiger partial charge in [-0.05, 0) is 12.8 Å². The van der Waals surface area contributed by atoms with Gasteiger partial charge in [0.25, 0.3) is 0 Å². The molecule has 1 rings (SSSR count). The van der Waals surface area contributed by atoms with Gasteiger partial charge >= 0.3 is 0 Å². The average molecular weight is 227 g/mol. The third kappa shape index (κ3) is 5.47. The Kier molecular flexibility index (Phi) is 5.52. The first-order valence-electron chi connectivity index (χ1n) is 5.28. The van der Waals surface area contributed by atoms with Gasteiger partial charge in [-0.15, -0.1) is 0 Å². The van der Waals surface area contributed by atoms with Gasteiger partial charge in [0.05, 0.1) is 6.33 Å². The van der Waals surface area contributed by atoms with Gasteiger partial charge in [-0.2, -0.15) is 0 Å². The van der Waals surface area contributed by atoms with Crippen molar-refractivity contribution in [2.45, 2.75) is 32.0 Å². The van der Waals surface area contributed by atoms with E-state index in [-0.39, 0.29) is 12.3 Å². The third-order valence-electron chi connectivity index (χ3n) is 2.14. The number of nitrogens with zero attached hydrogens (tertiary/aromatic N) is 1. The molecule has 0 spiro atoms. The third-order valence-corrected chi connectivity index (χ3v) is 2.14. The van der Waals surface area contributed by atoms with Crippen LogP contribution in [0.5, 0.6) is 0 Å². The molecular formula is C10H17N3O3. The summed E-state index contributed by atoms with van der Waals surface area (Å²) in [7, 11) is 0. The van der Waals surface area contributed by atoms with Gasteiger partial charge in [0, 0.05) is 31.3 Å². The first-order valence-corrected chi connectivity index (χ1v) is 5.28. The maximum absolute atomic E-state index is 11.3. The van der Waals surface area contributed by atoms with E-state index in [4.69, 9.17) is 10.2 Å². The second-order valence-corrected chi connectivity index (χ2v) is 3.55. The molecule has 0 saturated heterocycles. The van der Waals surface area contributed by atoms with Crippen molar-refractivity contribution in [3.8, 4) is 0 Å². The molecule has 0 aliphatic heterocycles. The molecule has 0 radical (unpaired) electrons. The van der Waals surface area contributed by atoms with Crippen LogP contribution in [0.15, 0.2) is 12.5 Å². The molecule has 1 aromatic heterocycles. The van der Waals surface area contributed by atoms with E-state index >= 15 is 0 Å². The van der Waals surface area contributed by atoms with E-state index in [1.54, 1.807) is 12.5 Å². The van der Waals surface area contributed by atoms with Crippen molar-refractivity contribution >= 4 is 5.91 Å². The highest BCUT2D eigenvalue weighted by Gasteiger charge is 2.03. The number of aromatic amines is 1. The highest BCUT2D eigenvalue weighted by atomic mass is 16.5. The zero-order valence-electron chi connectivity index (χ0n) is 9.02. The van der Waals surface area contributed by atoms with E-state index in [9.17, 15) is 4.79 Å². The van der Waals surface area contributed by atoms with E-state index in [2.05, 4.69) is 15.3 Å². The lowest BCUT2D eigenvalue weighted by molar-refractivity contribution is -0.121. The van der Waals surface area contributed by atoms with Crippen molar-refractivity contribution in [3.05, 3.63) is 18.2 Å². The van der Waals surface area contributed by atoms with Crippen LogP contribution in [0.3, 0.4) is 0 Å². The van der Waals surface area contributed by atoms with Gasteiger partial charge in [-0.25, -0.2) is 4.98 Å². The molecule has 0 bridgehead atoms. The van der Waals surface area contributed by atoms with E-state index in [0.717, 1.165) is 5.69 Å². The Bertz CT molecular complexity index is 298. The standard InChI is InChI=1S/C10H17N3O3/c14-9(2-1-3-10(15)16)12-5-4-8-6-11-7-13-8/h6-7,10,15-16H,1-5H2,(H,11,13)(H,12,14). The molecule has 90 valence electrons. The molecule has 0 aliphatic rings. The van der Waals surface area contributed by atoms with Gasteiger partial charge < -0.3 is 20.5 Å². The van der Waals surface area contributed by atoms with Crippen LogP contribution >= 0.6 is 0 Å². The summed E-state index contributed by atoms with van der Waals surface area (Å²) in [6, 6.07) is 0. The van der Waals surface area contributed by atoms with Crippen LogP contribution in [0, 0.1) is 0 Å². The number of nitrogens with one attached hydrogen (secondary N) is 2. The molecule has 4 N–H and O–H groups in total. The van der Waals surface area contributed by atoms with Gasteiger partial charge in [-0.1, -0.05) is 0 Å². The Morgan fingerprint density at radius 3 is 3.00 bits per heavy atom. The number of carbonyl (C=O) groups excluding carboxylic acids is 1. The van der Waals surface area contributed by atoms with Crippen molar-refractivity contribution in [3.63, 3.8) is 0 Å². The lowest BCUT2D eigenvalue weighted by Gasteiger charge is -2.05. The first-order chi connectivity index (χ1) is 7.68. The minimum atomic E-state index is -1.32. The number of rotatable bonds is 7. The molecule has 0 saturated carbocycles. The molecule has 0 aliphatic carbocycles. The Morgan fingerprint density at radius 2 is 2.38 bits per heavy atom. The minimum Gasteiger partial charge on any atom is -0.368 e. The second-order valence-electron chi connectivity index (χ2n) is 3.55. The Balaban J connectivity index is 2.02. The summed E-state index contributed by atoms with van der Waals surface area (Å²) in [6.07, 6.45) is 3.74. The van der Waals surface area contributed by atoms with Gasteiger partial charge in [0.15, 0.2) is 6.29 Å². The summed E-state index contributed by atoms with van der Waals surface area (Å²) in [6.45, 7) is 0.558.